The summed E-state index contributed by atoms with van der Waals surface area (Å²) < 4.78 is 41.1. The second kappa shape index (κ2) is 13.4. The Morgan fingerprint density at radius 3 is 2.24 bits per heavy atom. The third-order valence-electron chi connectivity index (χ3n) is 6.54. The van der Waals surface area contributed by atoms with Gasteiger partial charge in [-0.15, -0.1) is 0 Å². The highest BCUT2D eigenvalue weighted by Crippen LogP contribution is 2.36. The Hall–Kier alpha value is -3.57. The molecule has 0 radical (unpaired) electrons. The molecule has 0 saturated heterocycles. The molecule has 3 aromatic rings. The van der Waals surface area contributed by atoms with Crippen LogP contribution in [0, 0.1) is 5.92 Å². The zero-order valence-corrected chi connectivity index (χ0v) is 25.7. The number of ether oxygens (including phenoxy) is 2. The molecule has 0 aromatic heterocycles. The van der Waals surface area contributed by atoms with Gasteiger partial charge in [0.1, 0.15) is 25.8 Å². The van der Waals surface area contributed by atoms with Crippen molar-refractivity contribution in [2.45, 2.75) is 38.3 Å². The van der Waals surface area contributed by atoms with Crippen LogP contribution in [0.3, 0.4) is 0 Å². The van der Waals surface area contributed by atoms with E-state index in [-0.39, 0.29) is 29.0 Å². The summed E-state index contributed by atoms with van der Waals surface area (Å²) in [6.07, 6.45) is 0. The Kier molecular flexibility index (Phi) is 9.93. The molecule has 11 heteroatoms. The monoisotopic (exact) mass is 643 g/mol. The quantitative estimate of drug-likeness (QED) is 0.327. The number of rotatable bonds is 11. The molecular weight excluding hydrogens is 610 g/mol. The number of sulfonamides is 1. The highest BCUT2D eigenvalue weighted by molar-refractivity contribution is 9.10. The second-order valence-corrected chi connectivity index (χ2v) is 12.9. The number of amides is 2. The fourth-order valence-electron chi connectivity index (χ4n) is 4.26. The first-order chi connectivity index (χ1) is 19.6. The van der Waals surface area contributed by atoms with Crippen molar-refractivity contribution in [2.24, 2.45) is 5.92 Å². The lowest BCUT2D eigenvalue weighted by atomic mass is 10.1. The largest absolute Gasteiger partial charge is 0.486 e. The Bertz CT molecular complexity index is 1470. The molecule has 1 N–H and O–H groups in total. The number of nitrogens with one attached hydrogen (secondary N) is 1. The third-order valence-corrected chi connectivity index (χ3v) is 8.86. The van der Waals surface area contributed by atoms with E-state index in [0.717, 1.165) is 14.3 Å². The molecule has 0 fully saturated rings. The lowest BCUT2D eigenvalue weighted by Crippen LogP contribution is -2.51. The molecule has 0 bridgehead atoms. The molecule has 1 aliphatic heterocycles. The fourth-order valence-corrected chi connectivity index (χ4v) is 5.95. The predicted octanol–water partition coefficient (Wildman–Crippen LogP) is 4.61. The predicted molar refractivity (Wildman–Crippen MR) is 160 cm³/mol. The van der Waals surface area contributed by atoms with E-state index < -0.39 is 28.5 Å². The molecule has 0 spiro atoms. The van der Waals surface area contributed by atoms with Gasteiger partial charge in [0.15, 0.2) is 11.5 Å². The van der Waals surface area contributed by atoms with Crippen molar-refractivity contribution in [3.63, 3.8) is 0 Å². The number of anilines is 1. The van der Waals surface area contributed by atoms with E-state index in [1.807, 2.05) is 38.1 Å². The summed E-state index contributed by atoms with van der Waals surface area (Å²) in [5.74, 6) is 0.261. The summed E-state index contributed by atoms with van der Waals surface area (Å²) in [6.45, 7) is 6.35. The molecule has 218 valence electrons. The first kappa shape index (κ1) is 30.4. The topological polar surface area (TPSA) is 105 Å². The van der Waals surface area contributed by atoms with E-state index in [2.05, 4.69) is 21.2 Å². The maximum Gasteiger partial charge on any atom is 0.264 e. The van der Waals surface area contributed by atoms with Gasteiger partial charge < -0.3 is 19.7 Å². The maximum absolute atomic E-state index is 14.0. The Morgan fingerprint density at radius 2 is 1.59 bits per heavy atom. The van der Waals surface area contributed by atoms with Crippen molar-refractivity contribution in [2.75, 3.05) is 30.6 Å². The molecule has 4 rings (SSSR count). The molecule has 0 saturated carbocycles. The highest BCUT2D eigenvalue weighted by Gasteiger charge is 2.33. The molecule has 1 unspecified atom stereocenters. The summed E-state index contributed by atoms with van der Waals surface area (Å²) in [6, 6.07) is 19.2. The minimum Gasteiger partial charge on any atom is -0.486 e. The zero-order chi connectivity index (χ0) is 29.6. The van der Waals surface area contributed by atoms with Crippen LogP contribution in [0.4, 0.5) is 5.69 Å². The summed E-state index contributed by atoms with van der Waals surface area (Å²) in [5, 5.41) is 2.88. The van der Waals surface area contributed by atoms with Crippen LogP contribution in [0.1, 0.15) is 26.3 Å². The minimum atomic E-state index is -4.17. The molecule has 1 aliphatic rings. The van der Waals surface area contributed by atoms with Gasteiger partial charge in [0.25, 0.3) is 10.0 Å². The van der Waals surface area contributed by atoms with Crippen LogP contribution in [-0.4, -0.2) is 57.5 Å². The number of carbonyl (C=O) groups excluding carboxylic acids is 2. The summed E-state index contributed by atoms with van der Waals surface area (Å²) in [7, 11) is -4.17. The van der Waals surface area contributed by atoms with Gasteiger partial charge in [0, 0.05) is 23.6 Å². The van der Waals surface area contributed by atoms with Crippen molar-refractivity contribution >= 4 is 43.5 Å². The van der Waals surface area contributed by atoms with E-state index in [1.54, 1.807) is 43.3 Å². The molecule has 1 heterocycles. The summed E-state index contributed by atoms with van der Waals surface area (Å²) in [4.78, 5) is 28.6. The van der Waals surface area contributed by atoms with Crippen LogP contribution in [0.25, 0.3) is 0 Å². The van der Waals surface area contributed by atoms with Gasteiger partial charge in [-0.25, -0.2) is 8.42 Å². The number of hydrogen-bond donors (Lipinski definition) is 1. The van der Waals surface area contributed by atoms with Crippen molar-refractivity contribution < 1.29 is 27.5 Å². The maximum atomic E-state index is 14.0. The van der Waals surface area contributed by atoms with Gasteiger partial charge in [-0.05, 0) is 54.8 Å². The second-order valence-electron chi connectivity index (χ2n) is 10.1. The van der Waals surface area contributed by atoms with Crippen LogP contribution in [-0.2, 0) is 26.2 Å². The van der Waals surface area contributed by atoms with Gasteiger partial charge in [0.2, 0.25) is 11.8 Å². The Morgan fingerprint density at radius 1 is 0.927 bits per heavy atom. The van der Waals surface area contributed by atoms with Crippen molar-refractivity contribution in [3.8, 4) is 11.5 Å². The number of benzene rings is 3. The van der Waals surface area contributed by atoms with E-state index in [1.165, 1.54) is 17.0 Å². The van der Waals surface area contributed by atoms with Crippen molar-refractivity contribution in [1.29, 1.82) is 0 Å². The number of nitrogens with zero attached hydrogens (tertiary/aromatic N) is 2. The Labute approximate surface area is 249 Å². The van der Waals surface area contributed by atoms with Gasteiger partial charge in [0.05, 0.1) is 10.6 Å². The van der Waals surface area contributed by atoms with Crippen molar-refractivity contribution in [3.05, 3.63) is 82.8 Å². The van der Waals surface area contributed by atoms with Gasteiger partial charge in [-0.1, -0.05) is 60.1 Å². The lowest BCUT2D eigenvalue weighted by molar-refractivity contribution is -0.139. The fraction of sp³-hybridized carbons (Fsp3) is 0.333. The average Bonchev–Trinajstić information content (AvgIpc) is 2.98. The van der Waals surface area contributed by atoms with Crippen LogP contribution in [0.5, 0.6) is 11.5 Å². The first-order valence-electron chi connectivity index (χ1n) is 13.4. The number of halogens is 1. The lowest BCUT2D eigenvalue weighted by Gasteiger charge is -2.32. The SMILES string of the molecule is CC(C)CNC(=O)C(C)N(Cc1ccc(Br)cc1)C(=O)CN(c1ccc2c(c1)OCCO2)S(=O)(=O)c1ccccc1. The molecule has 9 nitrogen and oxygen atoms in total. The molecule has 3 aromatic carbocycles. The minimum absolute atomic E-state index is 0.0323. The molecule has 2 amide bonds. The third kappa shape index (κ3) is 7.59. The Balaban J connectivity index is 1.71. The van der Waals surface area contributed by atoms with E-state index >= 15 is 0 Å². The van der Waals surface area contributed by atoms with E-state index in [0.29, 0.717) is 31.3 Å². The van der Waals surface area contributed by atoms with Gasteiger partial charge >= 0.3 is 0 Å². The summed E-state index contributed by atoms with van der Waals surface area (Å²) >= 11 is 3.42. The number of carbonyl (C=O) groups is 2. The van der Waals surface area contributed by atoms with Crippen LogP contribution >= 0.6 is 15.9 Å². The number of hydrogen-bond acceptors (Lipinski definition) is 6. The normalized spacial score (nSPS) is 13.4. The standard InChI is InChI=1S/C30H34BrN3O6S/c1-21(2)18-32-30(36)22(3)33(19-23-9-11-24(31)12-10-23)29(35)20-34(41(37,38)26-7-5-4-6-8-26)25-13-14-27-28(17-25)40-16-15-39-27/h4-14,17,21-22H,15-16,18-20H2,1-3H3,(H,32,36). The smallest absolute Gasteiger partial charge is 0.264 e. The average molecular weight is 645 g/mol. The van der Waals surface area contributed by atoms with E-state index in [4.69, 9.17) is 9.47 Å². The molecule has 0 aliphatic carbocycles. The van der Waals surface area contributed by atoms with Crippen LogP contribution in [0.2, 0.25) is 0 Å². The highest BCUT2D eigenvalue weighted by atomic mass is 79.9. The zero-order valence-electron chi connectivity index (χ0n) is 23.2. The van der Waals surface area contributed by atoms with Crippen LogP contribution < -0.4 is 19.1 Å². The van der Waals surface area contributed by atoms with Gasteiger partial charge in [-0.3, -0.25) is 13.9 Å². The molecule has 1 atom stereocenters. The summed E-state index contributed by atoms with van der Waals surface area (Å²) in [5.41, 5.74) is 1.04. The molecular formula is C30H34BrN3O6S. The number of fused-ring (bicyclic) bond motifs is 1. The van der Waals surface area contributed by atoms with Crippen molar-refractivity contribution in [1.82, 2.24) is 10.2 Å². The van der Waals surface area contributed by atoms with Gasteiger partial charge in [-0.2, -0.15) is 0 Å². The molecule has 41 heavy (non-hydrogen) atoms. The van der Waals surface area contributed by atoms with E-state index in [9.17, 15) is 18.0 Å². The van der Waals surface area contributed by atoms with Crippen LogP contribution in [0.15, 0.2) is 82.2 Å². The first-order valence-corrected chi connectivity index (χ1v) is 15.6.